The average molecular weight is 343 g/mol. The van der Waals surface area contributed by atoms with E-state index in [9.17, 15) is 0 Å². The van der Waals surface area contributed by atoms with E-state index in [1.807, 2.05) is 12.1 Å². The Balaban J connectivity index is 1.91. The molecule has 0 aliphatic heterocycles. The maximum Gasteiger partial charge on any atom is 0.122 e. The van der Waals surface area contributed by atoms with Crippen molar-refractivity contribution < 1.29 is 4.74 Å². The highest BCUT2D eigenvalue weighted by Gasteiger charge is 2.16. The molecule has 0 saturated heterocycles. The minimum Gasteiger partial charge on any atom is -0.496 e. The number of aryl methyl sites for hydroxylation is 3. The number of ether oxygens (including phenoxy) is 1. The molecule has 1 radical (unpaired) electrons. The van der Waals surface area contributed by atoms with E-state index in [2.05, 4.69) is 75.4 Å². The predicted octanol–water partition coefficient (Wildman–Crippen LogP) is 6.19. The number of benzene rings is 3. The fourth-order valence-electron chi connectivity index (χ4n) is 3.53. The van der Waals surface area contributed by atoms with Gasteiger partial charge in [0.2, 0.25) is 0 Å². The summed E-state index contributed by atoms with van der Waals surface area (Å²) < 4.78 is 5.57. The van der Waals surface area contributed by atoms with E-state index in [0.29, 0.717) is 5.92 Å². The second-order valence-electron chi connectivity index (χ2n) is 7.10. The lowest BCUT2D eigenvalue weighted by Crippen LogP contribution is -2.05. The Morgan fingerprint density at radius 2 is 1.35 bits per heavy atom. The van der Waals surface area contributed by atoms with E-state index < -0.39 is 0 Å². The highest BCUT2D eigenvalue weighted by atomic mass is 16.5. The zero-order chi connectivity index (χ0) is 18.5. The van der Waals surface area contributed by atoms with Gasteiger partial charge in [0.25, 0.3) is 0 Å². The van der Waals surface area contributed by atoms with Crippen molar-refractivity contribution in [1.29, 1.82) is 0 Å². The van der Waals surface area contributed by atoms with Crippen LogP contribution >= 0.6 is 0 Å². The van der Waals surface area contributed by atoms with Crippen molar-refractivity contribution in [3.05, 3.63) is 100 Å². The Hall–Kier alpha value is -2.54. The highest BCUT2D eigenvalue weighted by molar-refractivity contribution is 5.41. The summed E-state index contributed by atoms with van der Waals surface area (Å²) in [5, 5.41) is 0. The summed E-state index contributed by atoms with van der Waals surface area (Å²) >= 11 is 0. The Morgan fingerprint density at radius 3 is 1.85 bits per heavy atom. The molecule has 0 spiro atoms. The molecular weight excluding hydrogens is 316 g/mol. The maximum absolute atomic E-state index is 5.57. The molecule has 0 aliphatic rings. The van der Waals surface area contributed by atoms with Crippen molar-refractivity contribution in [2.75, 3.05) is 7.11 Å². The van der Waals surface area contributed by atoms with E-state index in [4.69, 9.17) is 4.74 Å². The second-order valence-corrected chi connectivity index (χ2v) is 7.10. The molecule has 0 aliphatic carbocycles. The van der Waals surface area contributed by atoms with E-state index in [0.717, 1.165) is 18.6 Å². The topological polar surface area (TPSA) is 9.23 Å². The van der Waals surface area contributed by atoms with Crippen LogP contribution in [0.1, 0.15) is 45.7 Å². The van der Waals surface area contributed by atoms with Crippen LogP contribution in [-0.2, 0) is 6.42 Å². The lowest BCUT2D eigenvalue weighted by molar-refractivity contribution is 0.408. The van der Waals surface area contributed by atoms with Gasteiger partial charge in [0, 0.05) is 5.92 Å². The van der Waals surface area contributed by atoms with Gasteiger partial charge in [-0.15, -0.1) is 0 Å². The van der Waals surface area contributed by atoms with Gasteiger partial charge in [0.1, 0.15) is 5.75 Å². The van der Waals surface area contributed by atoms with Crippen LogP contribution in [0.2, 0.25) is 0 Å². The maximum atomic E-state index is 5.57. The normalized spacial score (nSPS) is 11.0. The smallest absolute Gasteiger partial charge is 0.122 e. The van der Waals surface area contributed by atoms with Crippen LogP contribution in [0, 0.1) is 26.8 Å². The third kappa shape index (κ3) is 4.16. The molecular formula is C25H27O. The molecule has 1 heteroatoms. The zero-order valence-corrected chi connectivity index (χ0v) is 16.2. The van der Waals surface area contributed by atoms with Crippen LogP contribution in [0.15, 0.2) is 60.7 Å². The van der Waals surface area contributed by atoms with Gasteiger partial charge in [0.05, 0.1) is 7.11 Å². The van der Waals surface area contributed by atoms with Gasteiger partial charge in [-0.2, -0.15) is 0 Å². The molecule has 1 nitrogen and oxygen atoms in total. The van der Waals surface area contributed by atoms with Crippen molar-refractivity contribution >= 4 is 0 Å². The standard InChI is InChI=1S/C25H27O/c1-18-8-12-21(13-9-18)24(22-14-10-19(2)11-15-22)17-16-23-20(3)6-5-7-25(23)26-4/h6-15,24H,16-17H2,1-4H3. The summed E-state index contributed by atoms with van der Waals surface area (Å²) in [6, 6.07) is 25.0. The average Bonchev–Trinajstić information content (AvgIpc) is 2.65. The van der Waals surface area contributed by atoms with Gasteiger partial charge in [0.15, 0.2) is 0 Å². The fraction of sp³-hybridized carbons (Fsp3) is 0.280. The van der Waals surface area contributed by atoms with Crippen molar-refractivity contribution in [1.82, 2.24) is 0 Å². The Bertz CT molecular complexity index is 799. The SMILES string of the molecule is COc1c[c]cc(C)c1CCC(c1ccc(C)cc1)c1ccc(C)cc1. The number of rotatable bonds is 6. The highest BCUT2D eigenvalue weighted by Crippen LogP contribution is 2.32. The fourth-order valence-corrected chi connectivity index (χ4v) is 3.53. The van der Waals surface area contributed by atoms with Gasteiger partial charge >= 0.3 is 0 Å². The molecule has 133 valence electrons. The first-order valence-electron chi connectivity index (χ1n) is 9.25. The zero-order valence-electron chi connectivity index (χ0n) is 16.2. The largest absolute Gasteiger partial charge is 0.496 e. The molecule has 0 amide bonds. The molecule has 0 aromatic heterocycles. The van der Waals surface area contributed by atoms with Gasteiger partial charge in [-0.05, 0) is 68.0 Å². The first kappa shape index (κ1) is 18.3. The molecule has 0 heterocycles. The number of methoxy groups -OCH3 is 1. The summed E-state index contributed by atoms with van der Waals surface area (Å²) in [4.78, 5) is 0. The van der Waals surface area contributed by atoms with E-state index in [1.54, 1.807) is 7.11 Å². The minimum absolute atomic E-state index is 0.379. The van der Waals surface area contributed by atoms with Crippen LogP contribution < -0.4 is 4.74 Å². The first-order chi connectivity index (χ1) is 12.6. The van der Waals surface area contributed by atoms with Crippen LogP contribution in [0.25, 0.3) is 0 Å². The second kappa shape index (κ2) is 8.23. The van der Waals surface area contributed by atoms with Crippen molar-refractivity contribution in [3.8, 4) is 5.75 Å². The molecule has 0 atom stereocenters. The van der Waals surface area contributed by atoms with Gasteiger partial charge < -0.3 is 4.74 Å². The minimum atomic E-state index is 0.379. The van der Waals surface area contributed by atoms with Crippen LogP contribution in [0.4, 0.5) is 0 Å². The van der Waals surface area contributed by atoms with Gasteiger partial charge in [-0.25, -0.2) is 0 Å². The van der Waals surface area contributed by atoms with E-state index >= 15 is 0 Å². The first-order valence-corrected chi connectivity index (χ1v) is 9.25. The van der Waals surface area contributed by atoms with E-state index in [1.165, 1.54) is 33.4 Å². The predicted molar refractivity (Wildman–Crippen MR) is 109 cm³/mol. The molecule has 3 aromatic carbocycles. The number of hydrogen-bond acceptors (Lipinski definition) is 1. The third-order valence-electron chi connectivity index (χ3n) is 5.15. The molecule has 26 heavy (non-hydrogen) atoms. The molecule has 0 N–H and O–H groups in total. The molecule has 0 fully saturated rings. The third-order valence-corrected chi connectivity index (χ3v) is 5.15. The summed E-state index contributed by atoms with van der Waals surface area (Å²) in [7, 11) is 1.74. The summed E-state index contributed by atoms with van der Waals surface area (Å²) in [5.41, 5.74) is 7.88. The van der Waals surface area contributed by atoms with Crippen LogP contribution in [-0.4, -0.2) is 7.11 Å². The Labute approximate surface area is 157 Å². The molecule has 0 saturated carbocycles. The van der Waals surface area contributed by atoms with E-state index in [-0.39, 0.29) is 0 Å². The Kier molecular flexibility index (Phi) is 5.78. The molecule has 3 rings (SSSR count). The van der Waals surface area contributed by atoms with Crippen LogP contribution in [0.5, 0.6) is 5.75 Å². The van der Waals surface area contributed by atoms with Crippen molar-refractivity contribution in [2.24, 2.45) is 0 Å². The quantitative estimate of drug-likeness (QED) is 0.519. The Morgan fingerprint density at radius 1 is 0.808 bits per heavy atom. The monoisotopic (exact) mass is 343 g/mol. The van der Waals surface area contributed by atoms with Gasteiger partial charge in [-0.1, -0.05) is 65.7 Å². The molecule has 3 aromatic rings. The summed E-state index contributed by atoms with van der Waals surface area (Å²) in [5.74, 6) is 1.32. The van der Waals surface area contributed by atoms with Crippen molar-refractivity contribution in [2.45, 2.75) is 39.5 Å². The summed E-state index contributed by atoms with van der Waals surface area (Å²) in [6.07, 6.45) is 2.03. The molecule has 0 unspecified atom stereocenters. The van der Waals surface area contributed by atoms with Crippen LogP contribution in [0.3, 0.4) is 0 Å². The lowest BCUT2D eigenvalue weighted by Gasteiger charge is -2.20. The van der Waals surface area contributed by atoms with Crippen molar-refractivity contribution in [3.63, 3.8) is 0 Å². The van der Waals surface area contributed by atoms with Gasteiger partial charge in [-0.3, -0.25) is 0 Å². The number of hydrogen-bond donors (Lipinski definition) is 0. The summed E-state index contributed by atoms with van der Waals surface area (Å²) in [6.45, 7) is 6.42. The molecule has 0 bridgehead atoms. The lowest BCUT2D eigenvalue weighted by atomic mass is 9.85.